The molecular weight excluding hydrogens is 326 g/mol. The third-order valence-corrected chi connectivity index (χ3v) is 5.06. The number of carbonyl (C=O) groups is 2. The minimum Gasteiger partial charge on any atom is -0.480 e. The molecule has 1 heterocycles. The summed E-state index contributed by atoms with van der Waals surface area (Å²) in [5, 5.41) is 9.34. The van der Waals surface area contributed by atoms with Crippen molar-refractivity contribution in [1.82, 2.24) is 4.90 Å². The Hall–Kier alpha value is -2.62. The summed E-state index contributed by atoms with van der Waals surface area (Å²) < 4.78 is 0. The van der Waals surface area contributed by atoms with Crippen LogP contribution in [0.15, 0.2) is 60.7 Å². The molecule has 0 aromatic heterocycles. The third-order valence-electron chi connectivity index (χ3n) is 5.06. The van der Waals surface area contributed by atoms with Gasteiger partial charge in [0.1, 0.15) is 6.04 Å². The quantitative estimate of drug-likeness (QED) is 0.830. The van der Waals surface area contributed by atoms with E-state index in [2.05, 4.69) is 24.3 Å². The second-order valence-corrected chi connectivity index (χ2v) is 7.03. The molecule has 0 radical (unpaired) electrons. The zero-order valence-electron chi connectivity index (χ0n) is 14.9. The summed E-state index contributed by atoms with van der Waals surface area (Å²) in [6.45, 7) is 0.555. The molecule has 0 saturated carbocycles. The first-order valence-electron chi connectivity index (χ1n) is 9.23. The van der Waals surface area contributed by atoms with Gasteiger partial charge in [-0.3, -0.25) is 4.79 Å². The molecule has 1 amide bonds. The van der Waals surface area contributed by atoms with Gasteiger partial charge in [-0.15, -0.1) is 0 Å². The average Bonchev–Trinajstić information content (AvgIpc) is 3.14. The van der Waals surface area contributed by atoms with Gasteiger partial charge in [-0.25, -0.2) is 4.79 Å². The second kappa shape index (κ2) is 8.65. The van der Waals surface area contributed by atoms with Crippen LogP contribution in [0.4, 0.5) is 0 Å². The van der Waals surface area contributed by atoms with Crippen LogP contribution < -0.4 is 0 Å². The van der Waals surface area contributed by atoms with E-state index in [0.29, 0.717) is 19.4 Å². The molecule has 1 aliphatic heterocycles. The molecule has 26 heavy (non-hydrogen) atoms. The zero-order chi connectivity index (χ0) is 18.4. The normalized spacial score (nSPS) is 16.8. The van der Waals surface area contributed by atoms with Crippen LogP contribution in [0, 0.1) is 5.92 Å². The maximum absolute atomic E-state index is 12.8. The lowest BCUT2D eigenvalue weighted by Gasteiger charge is -2.25. The van der Waals surface area contributed by atoms with Gasteiger partial charge in [-0.1, -0.05) is 60.7 Å². The molecule has 4 heteroatoms. The number of likely N-dealkylation sites (tertiary alicyclic amines) is 1. The van der Waals surface area contributed by atoms with Gasteiger partial charge in [0.05, 0.1) is 0 Å². The monoisotopic (exact) mass is 351 g/mol. The molecular formula is C22H25NO3. The number of nitrogens with zero attached hydrogens (tertiary/aromatic N) is 1. The van der Waals surface area contributed by atoms with Crippen molar-refractivity contribution in [2.75, 3.05) is 6.54 Å². The van der Waals surface area contributed by atoms with Gasteiger partial charge in [-0.05, 0) is 42.7 Å². The summed E-state index contributed by atoms with van der Waals surface area (Å²) in [5.41, 5.74) is 2.41. The van der Waals surface area contributed by atoms with Gasteiger partial charge < -0.3 is 10.0 Å². The Morgan fingerprint density at radius 1 is 0.962 bits per heavy atom. The van der Waals surface area contributed by atoms with Crippen molar-refractivity contribution >= 4 is 11.9 Å². The molecule has 136 valence electrons. The van der Waals surface area contributed by atoms with Crippen LogP contribution in [0.2, 0.25) is 0 Å². The van der Waals surface area contributed by atoms with Gasteiger partial charge in [0.15, 0.2) is 0 Å². The number of aliphatic carboxylic acids is 1. The number of hydrogen-bond donors (Lipinski definition) is 1. The topological polar surface area (TPSA) is 57.6 Å². The van der Waals surface area contributed by atoms with E-state index in [0.717, 1.165) is 19.3 Å². The van der Waals surface area contributed by atoms with Gasteiger partial charge in [0.25, 0.3) is 0 Å². The summed E-state index contributed by atoms with van der Waals surface area (Å²) in [7, 11) is 0. The van der Waals surface area contributed by atoms with Crippen LogP contribution in [0.5, 0.6) is 0 Å². The van der Waals surface area contributed by atoms with Crippen molar-refractivity contribution in [2.24, 2.45) is 5.92 Å². The van der Waals surface area contributed by atoms with Crippen molar-refractivity contribution < 1.29 is 14.7 Å². The fraction of sp³-hybridized carbons (Fsp3) is 0.364. The van der Waals surface area contributed by atoms with Crippen LogP contribution in [-0.2, 0) is 22.4 Å². The number of amides is 1. The Bertz CT molecular complexity index is 688. The van der Waals surface area contributed by atoms with Crippen LogP contribution >= 0.6 is 0 Å². The Morgan fingerprint density at radius 2 is 1.50 bits per heavy atom. The van der Waals surface area contributed by atoms with Crippen molar-refractivity contribution in [3.63, 3.8) is 0 Å². The number of carboxylic acids is 1. The molecule has 0 bridgehead atoms. The SMILES string of the molecule is O=C(O)[C@H]1CCCN1C(=O)CC(Cc1ccccc1)Cc1ccccc1. The van der Waals surface area contributed by atoms with E-state index >= 15 is 0 Å². The number of carbonyl (C=O) groups excluding carboxylic acids is 1. The van der Waals surface area contributed by atoms with E-state index in [1.54, 1.807) is 4.90 Å². The van der Waals surface area contributed by atoms with E-state index in [9.17, 15) is 14.7 Å². The molecule has 1 fully saturated rings. The van der Waals surface area contributed by atoms with E-state index in [1.807, 2.05) is 36.4 Å². The highest BCUT2D eigenvalue weighted by Gasteiger charge is 2.34. The molecule has 1 atom stereocenters. The second-order valence-electron chi connectivity index (χ2n) is 7.03. The summed E-state index contributed by atoms with van der Waals surface area (Å²) >= 11 is 0. The molecule has 0 aliphatic carbocycles. The number of rotatable bonds is 7. The Morgan fingerprint density at radius 3 is 2.00 bits per heavy atom. The van der Waals surface area contributed by atoms with E-state index < -0.39 is 12.0 Å². The average molecular weight is 351 g/mol. The highest BCUT2D eigenvalue weighted by atomic mass is 16.4. The summed E-state index contributed by atoms with van der Waals surface area (Å²) in [6, 6.07) is 19.7. The summed E-state index contributed by atoms with van der Waals surface area (Å²) in [5.74, 6) is -0.771. The van der Waals surface area contributed by atoms with Crippen LogP contribution in [0.25, 0.3) is 0 Å². The lowest BCUT2D eigenvalue weighted by molar-refractivity contribution is -0.148. The Labute approximate surface area is 154 Å². The van der Waals surface area contributed by atoms with Crippen molar-refractivity contribution in [2.45, 2.75) is 38.1 Å². The van der Waals surface area contributed by atoms with Crippen molar-refractivity contribution in [3.8, 4) is 0 Å². The van der Waals surface area contributed by atoms with E-state index in [1.165, 1.54) is 11.1 Å². The summed E-state index contributed by atoms with van der Waals surface area (Å²) in [4.78, 5) is 25.8. The first kappa shape index (κ1) is 18.2. The molecule has 0 spiro atoms. The van der Waals surface area contributed by atoms with Gasteiger partial charge in [-0.2, -0.15) is 0 Å². The maximum Gasteiger partial charge on any atom is 0.326 e. The fourth-order valence-electron chi connectivity index (χ4n) is 3.80. The van der Waals surface area contributed by atoms with Crippen molar-refractivity contribution in [3.05, 3.63) is 71.8 Å². The highest BCUT2D eigenvalue weighted by Crippen LogP contribution is 2.23. The van der Waals surface area contributed by atoms with Gasteiger partial charge in [0, 0.05) is 13.0 Å². The van der Waals surface area contributed by atoms with Crippen LogP contribution in [0.3, 0.4) is 0 Å². The number of hydrogen-bond acceptors (Lipinski definition) is 2. The highest BCUT2D eigenvalue weighted by molar-refractivity contribution is 5.84. The fourth-order valence-corrected chi connectivity index (χ4v) is 3.80. The molecule has 1 N–H and O–H groups in total. The molecule has 2 aromatic rings. The lowest BCUT2D eigenvalue weighted by atomic mass is 9.89. The van der Waals surface area contributed by atoms with Crippen molar-refractivity contribution in [1.29, 1.82) is 0 Å². The zero-order valence-corrected chi connectivity index (χ0v) is 14.9. The standard InChI is InChI=1S/C22H25NO3/c24-21(23-13-7-12-20(23)22(25)26)16-19(14-17-8-3-1-4-9-17)15-18-10-5-2-6-11-18/h1-6,8-11,19-20H,7,12-16H2,(H,25,26)/t20-/m1/s1. The molecule has 0 unspecified atom stereocenters. The smallest absolute Gasteiger partial charge is 0.326 e. The minimum atomic E-state index is -0.890. The van der Waals surface area contributed by atoms with Gasteiger partial charge in [0.2, 0.25) is 5.91 Å². The predicted molar refractivity (Wildman–Crippen MR) is 101 cm³/mol. The molecule has 1 aliphatic rings. The largest absolute Gasteiger partial charge is 0.480 e. The first-order valence-corrected chi connectivity index (χ1v) is 9.23. The molecule has 4 nitrogen and oxygen atoms in total. The van der Waals surface area contributed by atoms with E-state index in [-0.39, 0.29) is 11.8 Å². The van der Waals surface area contributed by atoms with E-state index in [4.69, 9.17) is 0 Å². The summed E-state index contributed by atoms with van der Waals surface area (Å²) in [6.07, 6.45) is 3.33. The van der Waals surface area contributed by atoms with Crippen LogP contribution in [-0.4, -0.2) is 34.5 Å². The molecule has 3 rings (SSSR count). The molecule has 1 saturated heterocycles. The third kappa shape index (κ3) is 4.72. The number of carboxylic acid groups (broad SMARTS) is 1. The van der Waals surface area contributed by atoms with Crippen LogP contribution in [0.1, 0.15) is 30.4 Å². The molecule has 2 aromatic carbocycles. The maximum atomic E-state index is 12.8. The lowest BCUT2D eigenvalue weighted by Crippen LogP contribution is -2.41. The first-order chi connectivity index (χ1) is 12.6. The number of benzene rings is 2. The predicted octanol–water partition coefficient (Wildman–Crippen LogP) is 3.55. The Balaban J connectivity index is 1.72. The Kier molecular flexibility index (Phi) is 6.05. The minimum absolute atomic E-state index is 0.0354. The van der Waals surface area contributed by atoms with Gasteiger partial charge >= 0.3 is 5.97 Å².